The fourth-order valence-corrected chi connectivity index (χ4v) is 4.08. The minimum atomic E-state index is -0.635. The Morgan fingerprint density at radius 1 is 0.818 bits per heavy atom. The highest BCUT2D eigenvalue weighted by Crippen LogP contribution is 2.24. The average Bonchev–Trinajstić information content (AvgIpc) is 3.28. The van der Waals surface area contributed by atoms with E-state index in [0.29, 0.717) is 17.9 Å². The zero-order valence-corrected chi connectivity index (χ0v) is 18.6. The van der Waals surface area contributed by atoms with Crippen molar-refractivity contribution >= 4 is 34.8 Å². The molecular weight excluding hydrogens is 422 g/mol. The summed E-state index contributed by atoms with van der Waals surface area (Å²) in [5.41, 5.74) is 2.62. The fraction of sp³-hybridized carbons (Fsp3) is 0.400. The van der Waals surface area contributed by atoms with Crippen molar-refractivity contribution in [2.75, 3.05) is 48.0 Å². The van der Waals surface area contributed by atoms with E-state index in [4.69, 9.17) is 9.47 Å². The van der Waals surface area contributed by atoms with Gasteiger partial charge in [0.2, 0.25) is 5.91 Å². The second kappa shape index (κ2) is 10.8. The van der Waals surface area contributed by atoms with Crippen LogP contribution in [0.1, 0.15) is 32.1 Å². The zero-order valence-electron chi connectivity index (χ0n) is 18.6. The second-order valence-electron chi connectivity index (χ2n) is 8.23. The van der Waals surface area contributed by atoms with Crippen molar-refractivity contribution in [3.05, 3.63) is 48.5 Å². The van der Waals surface area contributed by atoms with Crippen LogP contribution in [0.3, 0.4) is 0 Å². The van der Waals surface area contributed by atoms with E-state index in [2.05, 4.69) is 10.2 Å². The van der Waals surface area contributed by atoms with Crippen LogP contribution in [-0.4, -0.2) is 50.6 Å². The van der Waals surface area contributed by atoms with Crippen LogP contribution in [-0.2, 0) is 19.1 Å². The van der Waals surface area contributed by atoms with Gasteiger partial charge in [0, 0.05) is 43.1 Å². The molecule has 2 heterocycles. The summed E-state index contributed by atoms with van der Waals surface area (Å²) in [6.45, 7) is 2.15. The van der Waals surface area contributed by atoms with Crippen molar-refractivity contribution in [2.45, 2.75) is 32.1 Å². The number of amides is 2. The van der Waals surface area contributed by atoms with E-state index in [-0.39, 0.29) is 19.1 Å². The van der Waals surface area contributed by atoms with Crippen molar-refractivity contribution in [1.29, 1.82) is 0 Å². The molecule has 2 saturated heterocycles. The van der Waals surface area contributed by atoms with Gasteiger partial charge in [-0.2, -0.15) is 0 Å². The van der Waals surface area contributed by atoms with Crippen LogP contribution in [0.4, 0.5) is 17.1 Å². The summed E-state index contributed by atoms with van der Waals surface area (Å²) in [4.78, 5) is 39.9. The van der Waals surface area contributed by atoms with E-state index < -0.39 is 11.9 Å². The van der Waals surface area contributed by atoms with E-state index in [1.54, 1.807) is 29.2 Å². The van der Waals surface area contributed by atoms with Gasteiger partial charge < -0.3 is 24.6 Å². The summed E-state index contributed by atoms with van der Waals surface area (Å²) in [5, 5.41) is 2.73. The third-order valence-electron chi connectivity index (χ3n) is 5.82. The minimum Gasteiger partial charge on any atom is -0.482 e. The van der Waals surface area contributed by atoms with E-state index in [9.17, 15) is 14.4 Å². The number of benzene rings is 2. The SMILES string of the molecule is O=C(COC(=O)COc1ccc(N2CCCC2=O)cc1)Nc1ccc(N2CCCCC2)cc1. The highest BCUT2D eigenvalue weighted by Gasteiger charge is 2.21. The van der Waals surface area contributed by atoms with Gasteiger partial charge in [-0.3, -0.25) is 9.59 Å². The molecule has 2 amide bonds. The number of hydrogen-bond acceptors (Lipinski definition) is 6. The maximum absolute atomic E-state index is 12.1. The van der Waals surface area contributed by atoms with Gasteiger partial charge in [-0.15, -0.1) is 0 Å². The maximum Gasteiger partial charge on any atom is 0.344 e. The van der Waals surface area contributed by atoms with Gasteiger partial charge >= 0.3 is 5.97 Å². The molecule has 8 nitrogen and oxygen atoms in total. The Morgan fingerprint density at radius 2 is 1.52 bits per heavy atom. The van der Waals surface area contributed by atoms with Crippen LogP contribution in [0.2, 0.25) is 0 Å². The third kappa shape index (κ3) is 6.25. The van der Waals surface area contributed by atoms with Gasteiger partial charge in [0.1, 0.15) is 5.75 Å². The molecule has 2 fully saturated rings. The molecule has 33 heavy (non-hydrogen) atoms. The molecule has 0 bridgehead atoms. The Kier molecular flexibility index (Phi) is 7.44. The van der Waals surface area contributed by atoms with Crippen LogP contribution in [0, 0.1) is 0 Å². The molecule has 0 spiro atoms. The monoisotopic (exact) mass is 451 g/mol. The summed E-state index contributed by atoms with van der Waals surface area (Å²) in [6.07, 6.45) is 5.13. The lowest BCUT2D eigenvalue weighted by Crippen LogP contribution is -2.29. The summed E-state index contributed by atoms with van der Waals surface area (Å²) in [6, 6.07) is 14.7. The van der Waals surface area contributed by atoms with E-state index in [0.717, 1.165) is 37.4 Å². The summed E-state index contributed by atoms with van der Waals surface area (Å²) < 4.78 is 10.4. The number of carbonyl (C=O) groups is 3. The largest absolute Gasteiger partial charge is 0.482 e. The first-order chi connectivity index (χ1) is 16.1. The average molecular weight is 452 g/mol. The lowest BCUT2D eigenvalue weighted by Gasteiger charge is -2.28. The topological polar surface area (TPSA) is 88.2 Å². The predicted molar refractivity (Wildman–Crippen MR) is 126 cm³/mol. The number of rotatable bonds is 8. The first-order valence-electron chi connectivity index (χ1n) is 11.4. The molecule has 2 aromatic carbocycles. The highest BCUT2D eigenvalue weighted by molar-refractivity contribution is 5.95. The molecule has 0 aromatic heterocycles. The smallest absolute Gasteiger partial charge is 0.344 e. The molecule has 1 N–H and O–H groups in total. The van der Waals surface area contributed by atoms with Gasteiger partial charge in [-0.1, -0.05) is 0 Å². The number of piperidine rings is 1. The van der Waals surface area contributed by atoms with Crippen LogP contribution in [0.15, 0.2) is 48.5 Å². The molecule has 174 valence electrons. The number of ether oxygens (including phenoxy) is 2. The summed E-state index contributed by atoms with van der Waals surface area (Å²) in [7, 11) is 0. The first kappa shape index (κ1) is 22.6. The summed E-state index contributed by atoms with van der Waals surface area (Å²) in [5.74, 6) is -0.442. The van der Waals surface area contributed by atoms with Crippen LogP contribution in [0.25, 0.3) is 0 Å². The van der Waals surface area contributed by atoms with Crippen molar-refractivity contribution < 1.29 is 23.9 Å². The Hall–Kier alpha value is -3.55. The number of hydrogen-bond donors (Lipinski definition) is 1. The molecule has 2 aliphatic heterocycles. The number of carbonyl (C=O) groups excluding carboxylic acids is 3. The van der Waals surface area contributed by atoms with Crippen LogP contribution in [0.5, 0.6) is 5.75 Å². The molecule has 0 radical (unpaired) electrons. The highest BCUT2D eigenvalue weighted by atomic mass is 16.6. The molecule has 2 aromatic rings. The first-order valence-corrected chi connectivity index (χ1v) is 11.4. The van der Waals surface area contributed by atoms with Crippen molar-refractivity contribution in [3.63, 3.8) is 0 Å². The van der Waals surface area contributed by atoms with Crippen LogP contribution < -0.4 is 19.9 Å². The van der Waals surface area contributed by atoms with Gasteiger partial charge in [0.05, 0.1) is 0 Å². The Morgan fingerprint density at radius 3 is 2.18 bits per heavy atom. The van der Waals surface area contributed by atoms with E-state index >= 15 is 0 Å². The Labute approximate surface area is 193 Å². The van der Waals surface area contributed by atoms with Crippen molar-refractivity contribution in [3.8, 4) is 5.75 Å². The standard InChI is InChI=1S/C25H29N3O5/c29-23(26-19-6-8-20(9-7-19)27-14-2-1-3-15-27)17-33-25(31)18-32-22-12-10-21(11-13-22)28-16-4-5-24(28)30/h6-13H,1-5,14-18H2,(H,26,29). The third-order valence-corrected chi connectivity index (χ3v) is 5.82. The summed E-state index contributed by atoms with van der Waals surface area (Å²) >= 11 is 0. The lowest BCUT2D eigenvalue weighted by molar-refractivity contribution is -0.149. The zero-order chi connectivity index (χ0) is 23.0. The Bertz CT molecular complexity index is 969. The van der Waals surface area contributed by atoms with E-state index in [1.165, 1.54) is 19.3 Å². The van der Waals surface area contributed by atoms with Crippen molar-refractivity contribution in [1.82, 2.24) is 0 Å². The predicted octanol–water partition coefficient (Wildman–Crippen LogP) is 3.36. The molecular formula is C25H29N3O5. The van der Waals surface area contributed by atoms with Crippen LogP contribution >= 0.6 is 0 Å². The fourth-order valence-electron chi connectivity index (χ4n) is 4.08. The number of anilines is 3. The number of nitrogens with one attached hydrogen (secondary N) is 1. The molecule has 8 heteroatoms. The van der Waals surface area contributed by atoms with Gasteiger partial charge in [0.15, 0.2) is 13.2 Å². The minimum absolute atomic E-state index is 0.114. The normalized spacial score (nSPS) is 15.9. The quantitative estimate of drug-likeness (QED) is 0.619. The molecule has 0 unspecified atom stereocenters. The van der Waals surface area contributed by atoms with Gasteiger partial charge in [0.25, 0.3) is 5.91 Å². The van der Waals surface area contributed by atoms with E-state index in [1.807, 2.05) is 24.3 Å². The molecule has 0 atom stereocenters. The second-order valence-corrected chi connectivity index (χ2v) is 8.23. The molecule has 0 aliphatic carbocycles. The molecule has 4 rings (SSSR count). The number of esters is 1. The van der Waals surface area contributed by atoms with Gasteiger partial charge in [-0.05, 0) is 74.2 Å². The van der Waals surface area contributed by atoms with Gasteiger partial charge in [-0.25, -0.2) is 4.79 Å². The number of nitrogens with zero attached hydrogens (tertiary/aromatic N) is 2. The van der Waals surface area contributed by atoms with Crippen molar-refractivity contribution in [2.24, 2.45) is 0 Å². The molecule has 0 saturated carbocycles. The Balaban J connectivity index is 1.16. The lowest BCUT2D eigenvalue weighted by atomic mass is 10.1. The molecule has 2 aliphatic rings. The maximum atomic E-state index is 12.1.